The number of hydrogen-bond acceptors (Lipinski definition) is 3. The van der Waals surface area contributed by atoms with Gasteiger partial charge in [0.2, 0.25) is 0 Å². The summed E-state index contributed by atoms with van der Waals surface area (Å²) in [5.74, 6) is 0.756. The van der Waals surface area contributed by atoms with Crippen LogP contribution < -0.4 is 5.32 Å². The number of ether oxygens (including phenoxy) is 1. The van der Waals surface area contributed by atoms with E-state index in [0.717, 1.165) is 31.1 Å². The molecule has 0 bridgehead atoms. The molecule has 1 aliphatic carbocycles. The quantitative estimate of drug-likeness (QED) is 0.918. The molecule has 1 heterocycles. The molecule has 1 N–H and O–H groups in total. The molecule has 0 radical (unpaired) electrons. The van der Waals surface area contributed by atoms with Crippen molar-refractivity contribution in [2.75, 3.05) is 11.9 Å². The molecular formula is C15H17ClN2O. The first-order valence-electron chi connectivity index (χ1n) is 6.84. The standard InChI is InChI=1S/C15H17ClN2O/c16-13-3-1-2-11(9-17)15(13)18-12-6-7-19-14(8-12)10-4-5-10/h1-3,10,12,14,18H,4-8H2. The first-order chi connectivity index (χ1) is 9.28. The number of rotatable bonds is 3. The van der Waals surface area contributed by atoms with Gasteiger partial charge in [0.05, 0.1) is 22.4 Å². The summed E-state index contributed by atoms with van der Waals surface area (Å²) in [6.45, 7) is 0.797. The van der Waals surface area contributed by atoms with E-state index in [1.165, 1.54) is 12.8 Å². The minimum Gasteiger partial charge on any atom is -0.380 e. The molecule has 1 aliphatic heterocycles. The van der Waals surface area contributed by atoms with Gasteiger partial charge in [0.15, 0.2) is 0 Å². The van der Waals surface area contributed by atoms with Crippen LogP contribution in [0.5, 0.6) is 0 Å². The van der Waals surface area contributed by atoms with Gasteiger partial charge in [-0.1, -0.05) is 17.7 Å². The SMILES string of the molecule is N#Cc1cccc(Cl)c1NC1CCOC(C2CC2)C1. The average Bonchev–Trinajstić information content (AvgIpc) is 3.26. The largest absolute Gasteiger partial charge is 0.380 e. The zero-order valence-electron chi connectivity index (χ0n) is 10.7. The number of nitriles is 1. The molecule has 2 fully saturated rings. The third-order valence-electron chi connectivity index (χ3n) is 3.95. The highest BCUT2D eigenvalue weighted by molar-refractivity contribution is 6.33. The van der Waals surface area contributed by atoms with Gasteiger partial charge >= 0.3 is 0 Å². The van der Waals surface area contributed by atoms with E-state index in [-0.39, 0.29) is 0 Å². The molecule has 1 aromatic carbocycles. The lowest BCUT2D eigenvalue weighted by Crippen LogP contribution is -2.35. The van der Waals surface area contributed by atoms with Gasteiger partial charge in [-0.2, -0.15) is 5.26 Å². The number of nitrogens with one attached hydrogen (secondary N) is 1. The third kappa shape index (κ3) is 2.86. The highest BCUT2D eigenvalue weighted by Crippen LogP contribution is 2.39. The van der Waals surface area contributed by atoms with Gasteiger partial charge in [-0.05, 0) is 43.7 Å². The van der Waals surface area contributed by atoms with Crippen molar-refractivity contribution in [3.05, 3.63) is 28.8 Å². The number of halogens is 1. The topological polar surface area (TPSA) is 45.0 Å². The van der Waals surface area contributed by atoms with E-state index in [0.29, 0.717) is 22.7 Å². The first-order valence-corrected chi connectivity index (χ1v) is 7.22. The lowest BCUT2D eigenvalue weighted by Gasteiger charge is -2.31. The molecule has 19 heavy (non-hydrogen) atoms. The fourth-order valence-electron chi connectivity index (χ4n) is 2.72. The van der Waals surface area contributed by atoms with Gasteiger partial charge in [-0.3, -0.25) is 0 Å². The van der Waals surface area contributed by atoms with E-state index in [1.54, 1.807) is 6.07 Å². The summed E-state index contributed by atoms with van der Waals surface area (Å²) in [5, 5.41) is 13.2. The molecule has 1 saturated heterocycles. The first kappa shape index (κ1) is 12.8. The van der Waals surface area contributed by atoms with Crippen molar-refractivity contribution in [3.63, 3.8) is 0 Å². The van der Waals surface area contributed by atoms with Gasteiger partial charge in [0.25, 0.3) is 0 Å². The zero-order valence-corrected chi connectivity index (χ0v) is 11.5. The Balaban J connectivity index is 1.72. The molecule has 2 unspecified atom stereocenters. The van der Waals surface area contributed by atoms with E-state index in [4.69, 9.17) is 21.6 Å². The third-order valence-corrected chi connectivity index (χ3v) is 4.26. The Kier molecular flexibility index (Phi) is 3.63. The molecule has 1 saturated carbocycles. The summed E-state index contributed by atoms with van der Waals surface area (Å²) >= 11 is 6.19. The van der Waals surface area contributed by atoms with Crippen LogP contribution in [-0.2, 0) is 4.74 Å². The number of anilines is 1. The summed E-state index contributed by atoms with van der Waals surface area (Å²) in [4.78, 5) is 0. The maximum atomic E-state index is 9.15. The van der Waals surface area contributed by atoms with E-state index in [1.807, 2.05) is 12.1 Å². The predicted octanol–water partition coefficient (Wildman–Crippen LogP) is 3.58. The van der Waals surface area contributed by atoms with Crippen molar-refractivity contribution in [1.82, 2.24) is 0 Å². The van der Waals surface area contributed by atoms with Gasteiger partial charge in [-0.15, -0.1) is 0 Å². The molecule has 2 aliphatic rings. The van der Waals surface area contributed by atoms with Gasteiger partial charge in [0.1, 0.15) is 6.07 Å². The number of nitrogens with zero attached hydrogens (tertiary/aromatic N) is 1. The minimum absolute atomic E-state index is 0.353. The van der Waals surface area contributed by atoms with Crippen LogP contribution in [0.2, 0.25) is 5.02 Å². The van der Waals surface area contributed by atoms with E-state index in [9.17, 15) is 0 Å². The highest BCUT2D eigenvalue weighted by atomic mass is 35.5. The Morgan fingerprint density at radius 1 is 1.32 bits per heavy atom. The Morgan fingerprint density at radius 2 is 2.16 bits per heavy atom. The van der Waals surface area contributed by atoms with Gasteiger partial charge < -0.3 is 10.1 Å². The smallest absolute Gasteiger partial charge is 0.101 e. The van der Waals surface area contributed by atoms with Crippen molar-refractivity contribution in [2.45, 2.75) is 37.8 Å². The lowest BCUT2D eigenvalue weighted by atomic mass is 9.99. The van der Waals surface area contributed by atoms with Crippen LogP contribution in [0.3, 0.4) is 0 Å². The van der Waals surface area contributed by atoms with Crippen molar-refractivity contribution < 1.29 is 4.74 Å². The molecule has 2 atom stereocenters. The van der Waals surface area contributed by atoms with Crippen molar-refractivity contribution in [1.29, 1.82) is 5.26 Å². The average molecular weight is 277 g/mol. The van der Waals surface area contributed by atoms with Gasteiger partial charge in [-0.25, -0.2) is 0 Å². The summed E-state index contributed by atoms with van der Waals surface area (Å²) in [6.07, 6.45) is 4.97. The molecule has 4 heteroatoms. The van der Waals surface area contributed by atoms with Crippen molar-refractivity contribution >= 4 is 17.3 Å². The van der Waals surface area contributed by atoms with Crippen LogP contribution in [0.25, 0.3) is 0 Å². The summed E-state index contributed by atoms with van der Waals surface area (Å²) < 4.78 is 5.82. The fraction of sp³-hybridized carbons (Fsp3) is 0.533. The van der Waals surface area contributed by atoms with Crippen LogP contribution in [0.1, 0.15) is 31.2 Å². The molecule has 3 nitrogen and oxygen atoms in total. The molecular weight excluding hydrogens is 260 g/mol. The molecule has 1 aromatic rings. The normalized spacial score (nSPS) is 26.7. The van der Waals surface area contributed by atoms with Crippen LogP contribution in [0, 0.1) is 17.2 Å². The Labute approximate surface area is 118 Å². The second kappa shape index (κ2) is 5.40. The second-order valence-electron chi connectivity index (χ2n) is 5.39. The monoisotopic (exact) mass is 276 g/mol. The van der Waals surface area contributed by atoms with Gasteiger partial charge in [0, 0.05) is 12.6 Å². The molecule has 0 spiro atoms. The fourth-order valence-corrected chi connectivity index (χ4v) is 2.95. The van der Waals surface area contributed by atoms with E-state index >= 15 is 0 Å². The minimum atomic E-state index is 0.353. The Morgan fingerprint density at radius 3 is 2.89 bits per heavy atom. The van der Waals surface area contributed by atoms with Crippen molar-refractivity contribution in [2.24, 2.45) is 5.92 Å². The van der Waals surface area contributed by atoms with E-state index < -0.39 is 0 Å². The Hall–Kier alpha value is -1.24. The second-order valence-corrected chi connectivity index (χ2v) is 5.79. The van der Waals surface area contributed by atoms with Crippen LogP contribution in [0.15, 0.2) is 18.2 Å². The highest BCUT2D eigenvalue weighted by Gasteiger charge is 2.36. The summed E-state index contributed by atoms with van der Waals surface area (Å²) in [6, 6.07) is 7.98. The molecule has 0 aromatic heterocycles. The lowest BCUT2D eigenvalue weighted by molar-refractivity contribution is -0.00218. The maximum Gasteiger partial charge on any atom is 0.101 e. The Bertz CT molecular complexity index is 507. The summed E-state index contributed by atoms with van der Waals surface area (Å²) in [5.41, 5.74) is 1.38. The number of para-hydroxylation sites is 1. The molecule has 0 amide bonds. The number of benzene rings is 1. The maximum absolute atomic E-state index is 9.15. The molecule has 100 valence electrons. The predicted molar refractivity (Wildman–Crippen MR) is 75.3 cm³/mol. The van der Waals surface area contributed by atoms with Crippen LogP contribution >= 0.6 is 11.6 Å². The van der Waals surface area contributed by atoms with Crippen molar-refractivity contribution in [3.8, 4) is 6.07 Å². The molecule has 3 rings (SSSR count). The summed E-state index contributed by atoms with van der Waals surface area (Å²) in [7, 11) is 0. The van der Waals surface area contributed by atoms with Crippen LogP contribution in [-0.4, -0.2) is 18.8 Å². The number of hydrogen-bond donors (Lipinski definition) is 1. The van der Waals surface area contributed by atoms with Crippen LogP contribution in [0.4, 0.5) is 5.69 Å². The van der Waals surface area contributed by atoms with E-state index in [2.05, 4.69) is 11.4 Å². The zero-order chi connectivity index (χ0) is 13.2.